The highest BCUT2D eigenvalue weighted by Gasteiger charge is 2.12. The average Bonchev–Trinajstić information content (AvgIpc) is 2.77. The zero-order valence-corrected chi connectivity index (χ0v) is 14.2. The maximum atomic E-state index is 12.4. The molecule has 0 radical (unpaired) electrons. The van der Waals surface area contributed by atoms with Crippen molar-refractivity contribution in [3.8, 4) is 5.75 Å². The molecule has 1 aliphatic heterocycles. The number of ether oxygens (including phenoxy) is 1. The van der Waals surface area contributed by atoms with Crippen LogP contribution in [0.4, 0.5) is 0 Å². The number of aryl methyl sites for hydroxylation is 1. The van der Waals surface area contributed by atoms with Crippen LogP contribution in [0.5, 0.6) is 5.75 Å². The molecule has 2 heterocycles. The first-order valence-electron chi connectivity index (χ1n) is 7.99. The Hall–Kier alpha value is -2.82. The van der Waals surface area contributed by atoms with E-state index in [-0.39, 0.29) is 5.91 Å². The van der Waals surface area contributed by atoms with Gasteiger partial charge < -0.3 is 10.1 Å². The normalized spacial score (nSPS) is 12.9. The number of fused-ring (bicyclic) bond motifs is 1. The summed E-state index contributed by atoms with van der Waals surface area (Å²) in [4.78, 5) is 12.4. The van der Waals surface area contributed by atoms with Gasteiger partial charge in [0.25, 0.3) is 5.91 Å². The van der Waals surface area contributed by atoms with Gasteiger partial charge in [-0.3, -0.25) is 9.48 Å². The first kappa shape index (κ1) is 16.1. The van der Waals surface area contributed by atoms with Gasteiger partial charge in [0, 0.05) is 23.4 Å². The number of carbonyl (C=O) groups is 1. The van der Waals surface area contributed by atoms with Crippen molar-refractivity contribution in [1.29, 1.82) is 0 Å². The molecule has 0 spiro atoms. The summed E-state index contributed by atoms with van der Waals surface area (Å²) in [5, 5.41) is 7.42. The zero-order chi connectivity index (χ0) is 17.1. The molecule has 3 rings (SSSR count). The van der Waals surface area contributed by atoms with Crippen LogP contribution in [-0.2, 0) is 11.3 Å². The van der Waals surface area contributed by atoms with Crippen molar-refractivity contribution in [1.82, 2.24) is 15.1 Å². The number of aromatic nitrogens is 2. The third-order valence-corrected chi connectivity index (χ3v) is 4.29. The first-order valence-corrected chi connectivity index (χ1v) is 7.99. The summed E-state index contributed by atoms with van der Waals surface area (Å²) in [6, 6.07) is 7.63. The lowest BCUT2D eigenvalue weighted by Crippen LogP contribution is -2.28. The minimum Gasteiger partial charge on any atom is -0.464 e. The van der Waals surface area contributed by atoms with Crippen molar-refractivity contribution in [2.75, 3.05) is 6.54 Å². The molecule has 0 fully saturated rings. The molecule has 0 bridgehead atoms. The van der Waals surface area contributed by atoms with Gasteiger partial charge in [0.2, 0.25) is 0 Å². The Morgan fingerprint density at radius 1 is 1.25 bits per heavy atom. The number of carbonyl (C=O) groups excluding carboxylic acids is 1. The van der Waals surface area contributed by atoms with Gasteiger partial charge >= 0.3 is 0 Å². The number of hydrogen-bond acceptors (Lipinski definition) is 3. The first-order chi connectivity index (χ1) is 11.6. The molecule has 1 aromatic carbocycles. The fourth-order valence-electron chi connectivity index (χ4n) is 2.63. The molecular weight excluding hydrogens is 302 g/mol. The second-order valence-electron chi connectivity index (χ2n) is 5.83. The summed E-state index contributed by atoms with van der Waals surface area (Å²) in [5.74, 6) is 0.625. The van der Waals surface area contributed by atoms with Gasteiger partial charge in [-0.1, -0.05) is 18.2 Å². The number of hydrogen-bond donors (Lipinski definition) is 1. The predicted molar refractivity (Wildman–Crippen MR) is 93.6 cm³/mol. The molecule has 124 valence electrons. The fraction of sp³-hybridized carbons (Fsp3) is 0.263. The van der Waals surface area contributed by atoms with Gasteiger partial charge in [-0.2, -0.15) is 5.10 Å². The standard InChI is InChI=1S/C19H21N3O2/c1-13-14(2)21-22(15(13)3)10-9-20-19(23)17-8-11-24-18-7-5-4-6-16(18)12-17/h4-8,11-12H,9-10H2,1-3H3,(H,20,23). The van der Waals surface area contributed by atoms with Crippen LogP contribution in [0.25, 0.3) is 6.08 Å². The Labute approximate surface area is 141 Å². The summed E-state index contributed by atoms with van der Waals surface area (Å²) < 4.78 is 7.44. The van der Waals surface area contributed by atoms with E-state index in [1.54, 1.807) is 12.3 Å². The molecule has 5 nitrogen and oxygen atoms in total. The summed E-state index contributed by atoms with van der Waals surface area (Å²) in [5.41, 5.74) is 4.83. The van der Waals surface area contributed by atoms with E-state index < -0.39 is 0 Å². The highest BCUT2D eigenvalue weighted by Crippen LogP contribution is 2.24. The molecule has 0 saturated carbocycles. The van der Waals surface area contributed by atoms with E-state index in [2.05, 4.69) is 17.3 Å². The fourth-order valence-corrected chi connectivity index (χ4v) is 2.63. The topological polar surface area (TPSA) is 56.2 Å². The van der Waals surface area contributed by atoms with E-state index in [9.17, 15) is 4.79 Å². The zero-order valence-electron chi connectivity index (χ0n) is 14.2. The van der Waals surface area contributed by atoms with Crippen LogP contribution >= 0.6 is 0 Å². The quantitative estimate of drug-likeness (QED) is 0.941. The molecule has 0 saturated heterocycles. The summed E-state index contributed by atoms with van der Waals surface area (Å²) in [6.07, 6.45) is 5.06. The second kappa shape index (κ2) is 6.74. The van der Waals surface area contributed by atoms with Crippen molar-refractivity contribution in [3.05, 3.63) is 64.7 Å². The lowest BCUT2D eigenvalue weighted by Gasteiger charge is -2.07. The number of para-hydroxylation sites is 1. The second-order valence-corrected chi connectivity index (χ2v) is 5.83. The Bertz CT molecular complexity index is 831. The Balaban J connectivity index is 1.65. The van der Waals surface area contributed by atoms with Crippen LogP contribution in [-0.4, -0.2) is 22.2 Å². The van der Waals surface area contributed by atoms with Crippen LogP contribution in [0.15, 0.2) is 42.2 Å². The van der Waals surface area contributed by atoms with Crippen LogP contribution < -0.4 is 10.1 Å². The van der Waals surface area contributed by atoms with Gasteiger partial charge in [-0.25, -0.2) is 0 Å². The smallest absolute Gasteiger partial charge is 0.251 e. The monoisotopic (exact) mass is 323 g/mol. The number of benzene rings is 1. The average molecular weight is 323 g/mol. The molecule has 0 aliphatic carbocycles. The SMILES string of the molecule is Cc1nn(CCNC(=O)C2=Cc3ccccc3OC=C2)c(C)c1C. The minimum absolute atomic E-state index is 0.121. The number of amides is 1. The lowest BCUT2D eigenvalue weighted by atomic mass is 10.1. The molecule has 0 unspecified atom stereocenters. The number of rotatable bonds is 4. The lowest BCUT2D eigenvalue weighted by molar-refractivity contribution is -0.117. The molecule has 24 heavy (non-hydrogen) atoms. The van der Waals surface area contributed by atoms with Gasteiger partial charge in [-0.05, 0) is 44.6 Å². The number of nitrogens with zero attached hydrogens (tertiary/aromatic N) is 2. The van der Waals surface area contributed by atoms with Crippen LogP contribution in [0.2, 0.25) is 0 Å². The van der Waals surface area contributed by atoms with Crippen molar-refractivity contribution < 1.29 is 9.53 Å². The maximum Gasteiger partial charge on any atom is 0.251 e. The predicted octanol–water partition coefficient (Wildman–Crippen LogP) is 2.91. The largest absolute Gasteiger partial charge is 0.464 e. The van der Waals surface area contributed by atoms with Crippen molar-refractivity contribution in [3.63, 3.8) is 0 Å². The van der Waals surface area contributed by atoms with Gasteiger partial charge in [0.15, 0.2) is 0 Å². The summed E-state index contributed by atoms with van der Waals surface area (Å²) in [6.45, 7) is 7.27. The molecule has 0 atom stereocenters. The Kier molecular flexibility index (Phi) is 4.51. The third-order valence-electron chi connectivity index (χ3n) is 4.29. The van der Waals surface area contributed by atoms with Gasteiger partial charge in [0.05, 0.1) is 18.5 Å². The molecule has 2 aromatic rings. The van der Waals surface area contributed by atoms with Crippen LogP contribution in [0.1, 0.15) is 22.5 Å². The van der Waals surface area contributed by atoms with Crippen molar-refractivity contribution in [2.24, 2.45) is 0 Å². The highest BCUT2D eigenvalue weighted by atomic mass is 16.5. The maximum absolute atomic E-state index is 12.4. The molecule has 1 aliphatic rings. The summed E-state index contributed by atoms with van der Waals surface area (Å²) in [7, 11) is 0. The Morgan fingerprint density at radius 3 is 2.79 bits per heavy atom. The summed E-state index contributed by atoms with van der Waals surface area (Å²) >= 11 is 0. The minimum atomic E-state index is -0.121. The van der Waals surface area contributed by atoms with Crippen LogP contribution in [0, 0.1) is 20.8 Å². The van der Waals surface area contributed by atoms with E-state index in [1.165, 1.54) is 5.56 Å². The number of nitrogens with one attached hydrogen (secondary N) is 1. The van der Waals surface area contributed by atoms with Gasteiger partial charge in [0.1, 0.15) is 5.75 Å². The van der Waals surface area contributed by atoms with Crippen LogP contribution in [0.3, 0.4) is 0 Å². The van der Waals surface area contributed by atoms with Crippen molar-refractivity contribution in [2.45, 2.75) is 27.3 Å². The molecule has 1 aromatic heterocycles. The third kappa shape index (κ3) is 3.25. The van der Waals surface area contributed by atoms with E-state index >= 15 is 0 Å². The van der Waals surface area contributed by atoms with E-state index in [0.717, 1.165) is 22.7 Å². The highest BCUT2D eigenvalue weighted by molar-refractivity contribution is 6.01. The van der Waals surface area contributed by atoms with E-state index in [4.69, 9.17) is 4.74 Å². The Morgan fingerprint density at radius 2 is 2.04 bits per heavy atom. The van der Waals surface area contributed by atoms with Crippen molar-refractivity contribution >= 4 is 12.0 Å². The molecule has 1 amide bonds. The van der Waals surface area contributed by atoms with Gasteiger partial charge in [-0.15, -0.1) is 0 Å². The molecule has 1 N–H and O–H groups in total. The molecule has 5 heteroatoms. The molecular formula is C19H21N3O2. The van der Waals surface area contributed by atoms with E-state index in [0.29, 0.717) is 18.7 Å². The van der Waals surface area contributed by atoms with E-state index in [1.807, 2.05) is 48.9 Å².